The Morgan fingerprint density at radius 1 is 1.19 bits per heavy atom. The lowest BCUT2D eigenvalue weighted by Crippen LogP contribution is -2.13. The topological polar surface area (TPSA) is 35.2 Å². The van der Waals surface area contributed by atoms with Gasteiger partial charge in [0.2, 0.25) is 0 Å². The van der Waals surface area contributed by atoms with Crippen molar-refractivity contribution in [2.75, 3.05) is 0 Å². The van der Waals surface area contributed by atoms with Gasteiger partial charge in [-0.15, -0.1) is 0 Å². The van der Waals surface area contributed by atoms with Gasteiger partial charge in [0.1, 0.15) is 17.3 Å². The molecule has 0 atom stereocenters. The quantitative estimate of drug-likeness (QED) is 0.835. The Morgan fingerprint density at radius 2 is 1.90 bits per heavy atom. The molecular formula is C18H21NOS. The number of thiocarbonyl (C=S) groups is 1. The van der Waals surface area contributed by atoms with E-state index in [0.717, 1.165) is 16.9 Å². The summed E-state index contributed by atoms with van der Waals surface area (Å²) in [6.07, 6.45) is 0. The summed E-state index contributed by atoms with van der Waals surface area (Å²) in [5, 5.41) is 0. The molecule has 0 heterocycles. The smallest absolute Gasteiger partial charge is 0.123 e. The van der Waals surface area contributed by atoms with Crippen molar-refractivity contribution in [3.8, 4) is 5.75 Å². The van der Waals surface area contributed by atoms with Gasteiger partial charge in [-0.1, -0.05) is 62.5 Å². The number of benzene rings is 2. The van der Waals surface area contributed by atoms with Crippen LogP contribution in [-0.4, -0.2) is 4.99 Å². The monoisotopic (exact) mass is 299 g/mol. The summed E-state index contributed by atoms with van der Waals surface area (Å²) in [6, 6.07) is 14.2. The number of ether oxygens (including phenoxy) is 1. The van der Waals surface area contributed by atoms with Crippen LogP contribution in [0.25, 0.3) is 0 Å². The van der Waals surface area contributed by atoms with E-state index in [4.69, 9.17) is 22.7 Å². The molecule has 21 heavy (non-hydrogen) atoms. The first-order valence-corrected chi connectivity index (χ1v) is 7.51. The summed E-state index contributed by atoms with van der Waals surface area (Å²) in [7, 11) is 0. The van der Waals surface area contributed by atoms with E-state index in [9.17, 15) is 0 Å². The Kier molecular flexibility index (Phi) is 4.97. The minimum atomic E-state index is 0.405. The molecule has 0 aliphatic heterocycles. The molecule has 0 radical (unpaired) electrons. The largest absolute Gasteiger partial charge is 0.489 e. The Morgan fingerprint density at radius 3 is 2.57 bits per heavy atom. The van der Waals surface area contributed by atoms with Gasteiger partial charge >= 0.3 is 0 Å². The highest BCUT2D eigenvalue weighted by molar-refractivity contribution is 7.80. The fourth-order valence-corrected chi connectivity index (χ4v) is 2.48. The Labute approximate surface area is 131 Å². The molecule has 3 heteroatoms. The van der Waals surface area contributed by atoms with Crippen molar-refractivity contribution < 1.29 is 4.74 Å². The summed E-state index contributed by atoms with van der Waals surface area (Å²) < 4.78 is 6.04. The van der Waals surface area contributed by atoms with Crippen LogP contribution < -0.4 is 10.5 Å². The molecule has 0 amide bonds. The van der Waals surface area contributed by atoms with E-state index in [-0.39, 0.29) is 0 Å². The van der Waals surface area contributed by atoms with Crippen LogP contribution in [0.15, 0.2) is 42.5 Å². The van der Waals surface area contributed by atoms with Gasteiger partial charge < -0.3 is 10.5 Å². The van der Waals surface area contributed by atoms with E-state index in [1.54, 1.807) is 0 Å². The molecule has 0 saturated heterocycles. The van der Waals surface area contributed by atoms with Crippen molar-refractivity contribution in [2.45, 2.75) is 33.3 Å². The second-order valence-electron chi connectivity index (χ2n) is 5.51. The molecule has 2 aromatic carbocycles. The van der Waals surface area contributed by atoms with Crippen molar-refractivity contribution in [1.29, 1.82) is 0 Å². The molecule has 0 bridgehead atoms. The van der Waals surface area contributed by atoms with Gasteiger partial charge in [0.05, 0.1) is 0 Å². The van der Waals surface area contributed by atoms with Crippen LogP contribution in [0, 0.1) is 6.92 Å². The molecule has 110 valence electrons. The van der Waals surface area contributed by atoms with Gasteiger partial charge in [0.25, 0.3) is 0 Å². The van der Waals surface area contributed by atoms with Crippen molar-refractivity contribution in [3.05, 3.63) is 64.7 Å². The van der Waals surface area contributed by atoms with Crippen LogP contribution in [-0.2, 0) is 6.61 Å². The number of nitrogens with two attached hydrogens (primary N) is 1. The first-order chi connectivity index (χ1) is 9.99. The highest BCUT2D eigenvalue weighted by Gasteiger charge is 2.10. The lowest BCUT2D eigenvalue weighted by Gasteiger charge is -2.16. The fraction of sp³-hybridized carbons (Fsp3) is 0.278. The van der Waals surface area contributed by atoms with Crippen molar-refractivity contribution in [1.82, 2.24) is 0 Å². The maximum Gasteiger partial charge on any atom is 0.123 e. The molecule has 2 rings (SSSR count). The van der Waals surface area contributed by atoms with Crippen molar-refractivity contribution in [3.63, 3.8) is 0 Å². The molecule has 0 aromatic heterocycles. The van der Waals surface area contributed by atoms with Gasteiger partial charge in [-0.3, -0.25) is 0 Å². The number of hydrogen-bond donors (Lipinski definition) is 1. The third-order valence-corrected chi connectivity index (χ3v) is 3.68. The Bertz CT molecular complexity index is 649. The molecule has 0 aliphatic rings. The maximum atomic E-state index is 6.04. The SMILES string of the molecule is Cc1ccc(C(C)C)c(OCc2ccccc2C(N)=S)c1. The molecule has 0 aliphatic carbocycles. The predicted molar refractivity (Wildman–Crippen MR) is 91.9 cm³/mol. The highest BCUT2D eigenvalue weighted by Crippen LogP contribution is 2.28. The maximum absolute atomic E-state index is 6.04. The van der Waals surface area contributed by atoms with Crippen LogP contribution >= 0.6 is 12.2 Å². The summed E-state index contributed by atoms with van der Waals surface area (Å²) in [5.74, 6) is 1.36. The number of hydrogen-bond acceptors (Lipinski definition) is 2. The molecule has 2 aromatic rings. The first-order valence-electron chi connectivity index (χ1n) is 7.10. The van der Waals surface area contributed by atoms with E-state index >= 15 is 0 Å². The zero-order valence-electron chi connectivity index (χ0n) is 12.7. The summed E-state index contributed by atoms with van der Waals surface area (Å²) in [6.45, 7) is 6.87. The molecule has 0 fully saturated rings. The summed E-state index contributed by atoms with van der Waals surface area (Å²) in [5.41, 5.74) is 10.1. The second kappa shape index (κ2) is 6.72. The van der Waals surface area contributed by atoms with E-state index in [1.165, 1.54) is 11.1 Å². The normalized spacial score (nSPS) is 10.7. The second-order valence-corrected chi connectivity index (χ2v) is 5.95. The van der Waals surface area contributed by atoms with Gasteiger partial charge in [0, 0.05) is 5.56 Å². The summed E-state index contributed by atoms with van der Waals surface area (Å²) in [4.78, 5) is 0.405. The summed E-state index contributed by atoms with van der Waals surface area (Å²) >= 11 is 5.09. The molecule has 0 spiro atoms. The third-order valence-electron chi connectivity index (χ3n) is 3.46. The zero-order chi connectivity index (χ0) is 15.4. The lowest BCUT2D eigenvalue weighted by molar-refractivity contribution is 0.301. The predicted octanol–water partition coefficient (Wildman–Crippen LogP) is 4.33. The lowest BCUT2D eigenvalue weighted by atomic mass is 10.0. The average Bonchev–Trinajstić information content (AvgIpc) is 2.45. The molecule has 0 unspecified atom stereocenters. The Hall–Kier alpha value is -1.87. The minimum Gasteiger partial charge on any atom is -0.489 e. The van der Waals surface area contributed by atoms with Crippen LogP contribution in [0.1, 0.15) is 42.0 Å². The minimum absolute atomic E-state index is 0.405. The van der Waals surface area contributed by atoms with Gasteiger partial charge in [-0.25, -0.2) is 0 Å². The molecule has 2 N–H and O–H groups in total. The van der Waals surface area contributed by atoms with Crippen LogP contribution in [0.2, 0.25) is 0 Å². The average molecular weight is 299 g/mol. The molecular weight excluding hydrogens is 278 g/mol. The highest BCUT2D eigenvalue weighted by atomic mass is 32.1. The molecule has 2 nitrogen and oxygen atoms in total. The van der Waals surface area contributed by atoms with Crippen LogP contribution in [0.5, 0.6) is 5.75 Å². The van der Waals surface area contributed by atoms with Crippen LogP contribution in [0.3, 0.4) is 0 Å². The van der Waals surface area contributed by atoms with E-state index in [0.29, 0.717) is 17.5 Å². The van der Waals surface area contributed by atoms with Crippen LogP contribution in [0.4, 0.5) is 0 Å². The third kappa shape index (κ3) is 3.82. The number of rotatable bonds is 5. The van der Waals surface area contributed by atoms with E-state index in [2.05, 4.69) is 39.0 Å². The van der Waals surface area contributed by atoms with E-state index in [1.807, 2.05) is 24.3 Å². The zero-order valence-corrected chi connectivity index (χ0v) is 13.5. The number of aryl methyl sites for hydroxylation is 1. The Balaban J connectivity index is 2.24. The van der Waals surface area contributed by atoms with Crippen molar-refractivity contribution >= 4 is 17.2 Å². The van der Waals surface area contributed by atoms with Crippen molar-refractivity contribution in [2.24, 2.45) is 5.73 Å². The fourth-order valence-electron chi connectivity index (χ4n) is 2.29. The van der Waals surface area contributed by atoms with E-state index < -0.39 is 0 Å². The van der Waals surface area contributed by atoms with Gasteiger partial charge in [-0.2, -0.15) is 0 Å². The van der Waals surface area contributed by atoms with Gasteiger partial charge in [0.15, 0.2) is 0 Å². The standard InChI is InChI=1S/C18H21NOS/c1-12(2)15-9-8-13(3)10-17(15)20-11-14-6-4-5-7-16(14)18(19)21/h4-10,12H,11H2,1-3H3,(H2,19,21). The molecule has 0 saturated carbocycles. The first kappa shape index (κ1) is 15.5. The van der Waals surface area contributed by atoms with Gasteiger partial charge in [-0.05, 0) is 35.6 Å².